The normalized spacial score (nSPS) is 26.9. The first-order valence-corrected chi connectivity index (χ1v) is 6.51. The third-order valence-corrected chi connectivity index (χ3v) is 3.88. The maximum atomic E-state index is 13.0. The molecule has 0 amide bonds. The Bertz CT molecular complexity index is 429. The van der Waals surface area contributed by atoms with E-state index in [1.807, 2.05) is 6.92 Å². The van der Waals surface area contributed by atoms with Gasteiger partial charge in [0.1, 0.15) is 17.7 Å². The number of aliphatic hydroxyl groups excluding tert-OH is 1. The second-order valence-electron chi connectivity index (χ2n) is 5.89. The van der Waals surface area contributed by atoms with Crippen LogP contribution in [-0.2, 0) is 0 Å². The molecule has 1 N–H and O–H groups in total. The first-order valence-electron chi connectivity index (χ1n) is 6.51. The highest BCUT2D eigenvalue weighted by molar-refractivity contribution is 5.32. The summed E-state index contributed by atoms with van der Waals surface area (Å²) >= 11 is 0. The lowest BCUT2D eigenvalue weighted by Gasteiger charge is -2.40. The van der Waals surface area contributed by atoms with Crippen molar-refractivity contribution in [2.75, 3.05) is 0 Å². The van der Waals surface area contributed by atoms with E-state index in [0.717, 1.165) is 24.8 Å². The molecule has 0 aliphatic heterocycles. The minimum absolute atomic E-state index is 0.114. The number of benzene rings is 1. The summed E-state index contributed by atoms with van der Waals surface area (Å²) in [5, 5.41) is 10.3. The molecule has 0 saturated heterocycles. The number of rotatable bonds is 2. The van der Waals surface area contributed by atoms with Gasteiger partial charge in [-0.3, -0.25) is 0 Å². The van der Waals surface area contributed by atoms with Gasteiger partial charge in [-0.15, -0.1) is 0 Å². The van der Waals surface area contributed by atoms with Crippen LogP contribution < -0.4 is 4.74 Å². The van der Waals surface area contributed by atoms with Gasteiger partial charge in [0.2, 0.25) is 0 Å². The van der Waals surface area contributed by atoms with Gasteiger partial charge in [-0.25, -0.2) is 4.39 Å². The van der Waals surface area contributed by atoms with Crippen molar-refractivity contribution in [3.8, 4) is 5.75 Å². The molecule has 1 fully saturated rings. The average molecular weight is 252 g/mol. The van der Waals surface area contributed by atoms with Crippen LogP contribution in [0.5, 0.6) is 5.75 Å². The lowest BCUT2D eigenvalue weighted by molar-refractivity contribution is -0.0691. The molecular formula is C15H21FO2. The van der Waals surface area contributed by atoms with E-state index >= 15 is 0 Å². The third-order valence-electron chi connectivity index (χ3n) is 3.88. The maximum absolute atomic E-state index is 13.0. The summed E-state index contributed by atoms with van der Waals surface area (Å²) in [6.45, 7) is 5.94. The van der Waals surface area contributed by atoms with Gasteiger partial charge < -0.3 is 9.84 Å². The summed E-state index contributed by atoms with van der Waals surface area (Å²) < 4.78 is 18.9. The zero-order valence-corrected chi connectivity index (χ0v) is 11.2. The molecule has 2 atom stereocenters. The second kappa shape index (κ2) is 4.88. The molecule has 0 bridgehead atoms. The number of hydrogen-bond donors (Lipinski definition) is 1. The lowest BCUT2D eigenvalue weighted by Crippen LogP contribution is -2.46. The fraction of sp³-hybridized carbons (Fsp3) is 0.600. The Labute approximate surface area is 108 Å². The minimum Gasteiger partial charge on any atom is -0.487 e. The first-order chi connectivity index (χ1) is 8.40. The quantitative estimate of drug-likeness (QED) is 0.873. The van der Waals surface area contributed by atoms with Crippen LogP contribution in [-0.4, -0.2) is 17.3 Å². The maximum Gasteiger partial charge on any atom is 0.125 e. The van der Waals surface area contributed by atoms with E-state index < -0.39 is 6.10 Å². The highest BCUT2D eigenvalue weighted by atomic mass is 19.1. The van der Waals surface area contributed by atoms with E-state index in [4.69, 9.17) is 4.74 Å². The van der Waals surface area contributed by atoms with Gasteiger partial charge in [0.05, 0.1) is 6.10 Å². The van der Waals surface area contributed by atoms with Gasteiger partial charge >= 0.3 is 0 Å². The van der Waals surface area contributed by atoms with E-state index in [1.54, 1.807) is 6.07 Å². The number of aryl methyl sites for hydroxylation is 1. The molecule has 2 rings (SSSR count). The molecule has 1 aliphatic rings. The van der Waals surface area contributed by atoms with E-state index in [-0.39, 0.29) is 17.3 Å². The van der Waals surface area contributed by atoms with Gasteiger partial charge in [0.15, 0.2) is 0 Å². The Morgan fingerprint density at radius 1 is 1.39 bits per heavy atom. The van der Waals surface area contributed by atoms with Crippen LogP contribution in [0.1, 0.15) is 38.7 Å². The SMILES string of the molecule is Cc1cc(F)ccc1OC1CCCC(C)(C)C1O. The van der Waals surface area contributed by atoms with Gasteiger partial charge in [-0.05, 0) is 55.4 Å². The van der Waals surface area contributed by atoms with Crippen molar-refractivity contribution in [1.82, 2.24) is 0 Å². The molecule has 2 unspecified atom stereocenters. The van der Waals surface area contributed by atoms with Crippen molar-refractivity contribution in [2.24, 2.45) is 5.41 Å². The average Bonchev–Trinajstić information content (AvgIpc) is 2.28. The summed E-state index contributed by atoms with van der Waals surface area (Å²) in [7, 11) is 0. The Hall–Kier alpha value is -1.09. The Morgan fingerprint density at radius 3 is 2.78 bits per heavy atom. The summed E-state index contributed by atoms with van der Waals surface area (Å²) in [5.41, 5.74) is 0.655. The third kappa shape index (κ3) is 2.66. The molecular weight excluding hydrogens is 231 g/mol. The lowest BCUT2D eigenvalue weighted by atomic mass is 9.73. The van der Waals surface area contributed by atoms with Gasteiger partial charge in [0, 0.05) is 0 Å². The molecule has 18 heavy (non-hydrogen) atoms. The predicted octanol–water partition coefficient (Wildman–Crippen LogP) is 3.45. The van der Waals surface area contributed by atoms with E-state index in [1.165, 1.54) is 12.1 Å². The van der Waals surface area contributed by atoms with Crippen molar-refractivity contribution in [3.05, 3.63) is 29.6 Å². The molecule has 2 nitrogen and oxygen atoms in total. The van der Waals surface area contributed by atoms with Crippen LogP contribution >= 0.6 is 0 Å². The minimum atomic E-state index is -0.476. The van der Waals surface area contributed by atoms with E-state index in [9.17, 15) is 9.50 Å². The smallest absolute Gasteiger partial charge is 0.125 e. The molecule has 3 heteroatoms. The van der Waals surface area contributed by atoms with Gasteiger partial charge in [0.25, 0.3) is 0 Å². The summed E-state index contributed by atoms with van der Waals surface area (Å²) in [6, 6.07) is 4.48. The van der Waals surface area contributed by atoms with Crippen LogP contribution in [0.15, 0.2) is 18.2 Å². The van der Waals surface area contributed by atoms with Crippen LogP contribution in [0.3, 0.4) is 0 Å². The van der Waals surface area contributed by atoms with Crippen LogP contribution in [0.25, 0.3) is 0 Å². The first kappa shape index (κ1) is 13.3. The van der Waals surface area contributed by atoms with Crippen molar-refractivity contribution in [2.45, 2.75) is 52.2 Å². The molecule has 1 aliphatic carbocycles. The standard InChI is InChI=1S/C15H21FO2/c1-10-9-11(16)6-7-12(10)18-13-5-4-8-15(2,3)14(13)17/h6-7,9,13-14,17H,4-5,8H2,1-3H3. The zero-order chi connectivity index (χ0) is 13.3. The van der Waals surface area contributed by atoms with Crippen LogP contribution in [0, 0.1) is 18.2 Å². The van der Waals surface area contributed by atoms with Crippen molar-refractivity contribution < 1.29 is 14.2 Å². The van der Waals surface area contributed by atoms with Crippen molar-refractivity contribution >= 4 is 0 Å². The van der Waals surface area contributed by atoms with E-state index in [2.05, 4.69) is 13.8 Å². The largest absolute Gasteiger partial charge is 0.487 e. The van der Waals surface area contributed by atoms with Crippen LogP contribution in [0.2, 0.25) is 0 Å². The Balaban J connectivity index is 2.13. The number of halogens is 1. The van der Waals surface area contributed by atoms with Crippen molar-refractivity contribution in [3.63, 3.8) is 0 Å². The molecule has 0 heterocycles. The zero-order valence-electron chi connectivity index (χ0n) is 11.2. The Kier molecular flexibility index (Phi) is 3.62. The molecule has 0 aromatic heterocycles. The molecule has 1 aromatic carbocycles. The summed E-state index contributed by atoms with van der Waals surface area (Å²) in [5.74, 6) is 0.405. The Morgan fingerprint density at radius 2 is 2.11 bits per heavy atom. The highest BCUT2D eigenvalue weighted by Crippen LogP contribution is 2.37. The number of aliphatic hydroxyl groups is 1. The molecule has 0 spiro atoms. The van der Waals surface area contributed by atoms with Crippen molar-refractivity contribution in [1.29, 1.82) is 0 Å². The topological polar surface area (TPSA) is 29.5 Å². The molecule has 100 valence electrons. The van der Waals surface area contributed by atoms with Gasteiger partial charge in [-0.2, -0.15) is 0 Å². The number of ether oxygens (including phenoxy) is 1. The van der Waals surface area contributed by atoms with Crippen LogP contribution in [0.4, 0.5) is 4.39 Å². The highest BCUT2D eigenvalue weighted by Gasteiger charge is 2.39. The summed E-state index contributed by atoms with van der Waals surface area (Å²) in [6.07, 6.45) is 2.24. The molecule has 0 radical (unpaired) electrons. The predicted molar refractivity (Wildman–Crippen MR) is 69.2 cm³/mol. The van der Waals surface area contributed by atoms with Gasteiger partial charge in [-0.1, -0.05) is 13.8 Å². The summed E-state index contributed by atoms with van der Waals surface area (Å²) in [4.78, 5) is 0. The second-order valence-corrected chi connectivity index (χ2v) is 5.89. The molecule has 1 aromatic rings. The fourth-order valence-corrected chi connectivity index (χ4v) is 2.60. The molecule has 1 saturated carbocycles. The number of hydrogen-bond acceptors (Lipinski definition) is 2. The van der Waals surface area contributed by atoms with E-state index in [0.29, 0.717) is 5.75 Å². The fourth-order valence-electron chi connectivity index (χ4n) is 2.60. The monoisotopic (exact) mass is 252 g/mol.